The molecule has 1 aliphatic carbocycles. The first kappa shape index (κ1) is 15.6. The largest absolute Gasteiger partial charge is 0.304 e. The van der Waals surface area contributed by atoms with E-state index in [4.69, 9.17) is 0 Å². The molecule has 0 saturated carbocycles. The molecule has 1 heteroatoms. The summed E-state index contributed by atoms with van der Waals surface area (Å²) in [6.07, 6.45) is 9.47. The van der Waals surface area contributed by atoms with Crippen LogP contribution in [0.1, 0.15) is 69.4 Å². The molecular formula is C19H31N. The molecule has 1 aromatic rings. The standard InChI is InChI=1S/C19H31N/c1-3-5-15-20(4-2)16-9-13-18-12-8-11-17-10-6-7-14-19(17)18/h6-7,10,14,18H,3-5,8-9,11-13,15-16H2,1-2H3/t18-/m1/s1. The van der Waals surface area contributed by atoms with Gasteiger partial charge in [-0.25, -0.2) is 0 Å². The highest BCUT2D eigenvalue weighted by Gasteiger charge is 2.19. The van der Waals surface area contributed by atoms with Crippen LogP contribution in [0.25, 0.3) is 0 Å². The van der Waals surface area contributed by atoms with Crippen LogP contribution in [0, 0.1) is 0 Å². The fourth-order valence-electron chi connectivity index (χ4n) is 3.53. The SMILES string of the molecule is CCCCN(CC)CCC[C@H]1CCCc2ccccc21. The smallest absolute Gasteiger partial charge is 0.00186 e. The van der Waals surface area contributed by atoms with Crippen LogP contribution in [-0.2, 0) is 6.42 Å². The quantitative estimate of drug-likeness (QED) is 0.643. The summed E-state index contributed by atoms with van der Waals surface area (Å²) in [4.78, 5) is 2.62. The lowest BCUT2D eigenvalue weighted by atomic mass is 9.80. The van der Waals surface area contributed by atoms with Crippen LogP contribution in [0.2, 0.25) is 0 Å². The molecule has 0 aromatic heterocycles. The second-order valence-corrected chi connectivity index (χ2v) is 6.22. The monoisotopic (exact) mass is 273 g/mol. The van der Waals surface area contributed by atoms with Crippen LogP contribution < -0.4 is 0 Å². The van der Waals surface area contributed by atoms with Crippen molar-refractivity contribution in [1.29, 1.82) is 0 Å². The molecule has 1 atom stereocenters. The summed E-state index contributed by atoms with van der Waals surface area (Å²) in [5, 5.41) is 0. The van der Waals surface area contributed by atoms with E-state index >= 15 is 0 Å². The van der Waals surface area contributed by atoms with Crippen molar-refractivity contribution in [3.05, 3.63) is 35.4 Å². The number of aryl methyl sites for hydroxylation is 1. The van der Waals surface area contributed by atoms with Crippen molar-refractivity contribution in [2.24, 2.45) is 0 Å². The highest BCUT2D eigenvalue weighted by atomic mass is 15.1. The van der Waals surface area contributed by atoms with Crippen molar-refractivity contribution in [2.75, 3.05) is 19.6 Å². The summed E-state index contributed by atoms with van der Waals surface area (Å²) in [7, 11) is 0. The minimum Gasteiger partial charge on any atom is -0.304 e. The Morgan fingerprint density at radius 2 is 1.90 bits per heavy atom. The Labute approximate surface area is 125 Å². The predicted octanol–water partition coefficient (Wildman–Crippen LogP) is 5.01. The molecule has 0 N–H and O–H groups in total. The zero-order chi connectivity index (χ0) is 14.2. The van der Waals surface area contributed by atoms with E-state index in [1.54, 1.807) is 11.1 Å². The van der Waals surface area contributed by atoms with Gasteiger partial charge in [-0.2, -0.15) is 0 Å². The van der Waals surface area contributed by atoms with Gasteiger partial charge < -0.3 is 4.90 Å². The number of rotatable bonds is 8. The Balaban J connectivity index is 1.80. The van der Waals surface area contributed by atoms with E-state index in [1.165, 1.54) is 64.6 Å². The molecule has 0 unspecified atom stereocenters. The summed E-state index contributed by atoms with van der Waals surface area (Å²) in [5.74, 6) is 0.824. The van der Waals surface area contributed by atoms with Crippen LogP contribution in [-0.4, -0.2) is 24.5 Å². The van der Waals surface area contributed by atoms with Crippen molar-refractivity contribution >= 4 is 0 Å². The van der Waals surface area contributed by atoms with Crippen molar-refractivity contribution in [3.8, 4) is 0 Å². The molecule has 0 fully saturated rings. The van der Waals surface area contributed by atoms with Crippen molar-refractivity contribution in [1.82, 2.24) is 4.90 Å². The molecule has 1 nitrogen and oxygen atoms in total. The molecule has 0 aliphatic heterocycles. The summed E-state index contributed by atoms with van der Waals surface area (Å²) < 4.78 is 0. The fraction of sp³-hybridized carbons (Fsp3) is 0.684. The molecule has 2 rings (SSSR count). The lowest BCUT2D eigenvalue weighted by Crippen LogP contribution is -2.26. The topological polar surface area (TPSA) is 3.24 Å². The molecule has 0 amide bonds. The van der Waals surface area contributed by atoms with Crippen molar-refractivity contribution < 1.29 is 0 Å². The van der Waals surface area contributed by atoms with Gasteiger partial charge in [0.15, 0.2) is 0 Å². The Morgan fingerprint density at radius 1 is 1.10 bits per heavy atom. The number of benzene rings is 1. The van der Waals surface area contributed by atoms with Crippen LogP contribution in [0.3, 0.4) is 0 Å². The zero-order valence-electron chi connectivity index (χ0n) is 13.4. The Kier molecular flexibility index (Phi) is 6.59. The predicted molar refractivity (Wildman–Crippen MR) is 88.4 cm³/mol. The van der Waals surface area contributed by atoms with Gasteiger partial charge in [-0.05, 0) is 75.2 Å². The number of hydrogen-bond acceptors (Lipinski definition) is 1. The number of fused-ring (bicyclic) bond motifs is 1. The molecule has 0 saturated heterocycles. The first-order chi connectivity index (χ1) is 9.85. The van der Waals surface area contributed by atoms with Gasteiger partial charge in [-0.15, -0.1) is 0 Å². The maximum atomic E-state index is 2.62. The average molecular weight is 273 g/mol. The Bertz CT molecular complexity index is 385. The zero-order valence-corrected chi connectivity index (χ0v) is 13.4. The van der Waals surface area contributed by atoms with Gasteiger partial charge in [0.2, 0.25) is 0 Å². The second kappa shape index (κ2) is 8.46. The second-order valence-electron chi connectivity index (χ2n) is 6.22. The minimum absolute atomic E-state index is 0.824. The maximum Gasteiger partial charge on any atom is -0.00186 e. The van der Waals surface area contributed by atoms with Gasteiger partial charge >= 0.3 is 0 Å². The third kappa shape index (κ3) is 4.34. The van der Waals surface area contributed by atoms with E-state index in [0.29, 0.717) is 0 Å². The maximum absolute atomic E-state index is 2.62. The number of nitrogens with zero attached hydrogens (tertiary/aromatic N) is 1. The molecule has 20 heavy (non-hydrogen) atoms. The van der Waals surface area contributed by atoms with Gasteiger partial charge in [-0.3, -0.25) is 0 Å². The van der Waals surface area contributed by atoms with Gasteiger partial charge in [-0.1, -0.05) is 44.5 Å². The highest BCUT2D eigenvalue weighted by molar-refractivity contribution is 5.32. The summed E-state index contributed by atoms with van der Waals surface area (Å²) in [6.45, 7) is 8.36. The van der Waals surface area contributed by atoms with Crippen LogP contribution in [0.5, 0.6) is 0 Å². The van der Waals surface area contributed by atoms with E-state index in [2.05, 4.69) is 43.0 Å². The van der Waals surface area contributed by atoms with Crippen LogP contribution >= 0.6 is 0 Å². The van der Waals surface area contributed by atoms with Crippen molar-refractivity contribution in [3.63, 3.8) is 0 Å². The first-order valence-electron chi connectivity index (χ1n) is 8.65. The van der Waals surface area contributed by atoms with E-state index in [1.807, 2.05) is 0 Å². The average Bonchev–Trinajstić information content (AvgIpc) is 2.51. The van der Waals surface area contributed by atoms with Gasteiger partial charge in [0.25, 0.3) is 0 Å². The lowest BCUT2D eigenvalue weighted by Gasteiger charge is -2.27. The molecule has 0 bridgehead atoms. The number of unbranched alkanes of at least 4 members (excludes halogenated alkanes) is 1. The molecule has 1 aliphatic rings. The van der Waals surface area contributed by atoms with Crippen molar-refractivity contribution in [2.45, 2.75) is 64.7 Å². The van der Waals surface area contributed by atoms with Gasteiger partial charge in [0, 0.05) is 0 Å². The van der Waals surface area contributed by atoms with E-state index < -0.39 is 0 Å². The molecule has 1 aromatic carbocycles. The summed E-state index contributed by atoms with van der Waals surface area (Å²) in [6, 6.07) is 9.12. The van der Waals surface area contributed by atoms with Gasteiger partial charge in [0.05, 0.1) is 0 Å². The van der Waals surface area contributed by atoms with Crippen LogP contribution in [0.4, 0.5) is 0 Å². The lowest BCUT2D eigenvalue weighted by molar-refractivity contribution is 0.272. The summed E-state index contributed by atoms with van der Waals surface area (Å²) >= 11 is 0. The molecule has 0 radical (unpaired) electrons. The molecule has 0 heterocycles. The van der Waals surface area contributed by atoms with E-state index in [9.17, 15) is 0 Å². The normalized spacial score (nSPS) is 18.2. The Morgan fingerprint density at radius 3 is 2.70 bits per heavy atom. The fourth-order valence-corrected chi connectivity index (χ4v) is 3.53. The molecule has 112 valence electrons. The third-order valence-electron chi connectivity index (χ3n) is 4.80. The minimum atomic E-state index is 0.824. The Hall–Kier alpha value is -0.820. The first-order valence-corrected chi connectivity index (χ1v) is 8.65. The van der Waals surface area contributed by atoms with Crippen LogP contribution in [0.15, 0.2) is 24.3 Å². The molecule has 0 spiro atoms. The van der Waals surface area contributed by atoms with Gasteiger partial charge in [0.1, 0.15) is 0 Å². The summed E-state index contributed by atoms with van der Waals surface area (Å²) in [5.41, 5.74) is 3.26. The molecular weight excluding hydrogens is 242 g/mol. The van der Waals surface area contributed by atoms with E-state index in [0.717, 1.165) is 5.92 Å². The third-order valence-corrected chi connectivity index (χ3v) is 4.80. The number of hydrogen-bond donors (Lipinski definition) is 0. The van der Waals surface area contributed by atoms with E-state index in [-0.39, 0.29) is 0 Å². The highest BCUT2D eigenvalue weighted by Crippen LogP contribution is 2.34.